The van der Waals surface area contributed by atoms with E-state index in [1.54, 1.807) is 24.3 Å². The van der Waals surface area contributed by atoms with E-state index in [4.69, 9.17) is 5.73 Å². The van der Waals surface area contributed by atoms with Gasteiger partial charge in [0, 0.05) is 6.42 Å². The van der Waals surface area contributed by atoms with Gasteiger partial charge in [-0.2, -0.15) is 0 Å². The van der Waals surface area contributed by atoms with Crippen molar-refractivity contribution in [3.63, 3.8) is 0 Å². The Balaban J connectivity index is 2.55. The summed E-state index contributed by atoms with van der Waals surface area (Å²) < 4.78 is 30.2. The van der Waals surface area contributed by atoms with E-state index in [2.05, 4.69) is 9.46 Å². The maximum Gasteiger partial charge on any atom is 0.305 e. The Morgan fingerprint density at radius 2 is 2.06 bits per heavy atom. The fraction of sp³-hybridized carbons (Fsp3) is 0.364. The SMILES string of the molecule is COC(=O)CCCS(=O)(=O)Nc1ccccc1N. The Bertz CT molecular complexity index is 514. The molecule has 0 radical (unpaired) electrons. The summed E-state index contributed by atoms with van der Waals surface area (Å²) in [5, 5.41) is 0. The van der Waals surface area contributed by atoms with Gasteiger partial charge in [0.25, 0.3) is 0 Å². The first-order valence-corrected chi connectivity index (χ1v) is 7.01. The second-order valence-corrected chi connectivity index (χ2v) is 5.53. The number of nitrogens with two attached hydrogens (primary N) is 1. The number of carbonyl (C=O) groups excluding carboxylic acids is 1. The van der Waals surface area contributed by atoms with Crippen LogP contribution in [0.3, 0.4) is 0 Å². The Kier molecular flexibility index (Phi) is 4.96. The number of methoxy groups -OCH3 is 1. The summed E-state index contributed by atoms with van der Waals surface area (Å²) in [5.41, 5.74) is 6.32. The van der Waals surface area contributed by atoms with Crippen molar-refractivity contribution in [2.45, 2.75) is 12.8 Å². The molecule has 0 spiro atoms. The van der Waals surface area contributed by atoms with Gasteiger partial charge in [0.05, 0.1) is 24.2 Å². The normalized spacial score (nSPS) is 10.9. The molecule has 3 N–H and O–H groups in total. The molecule has 0 heterocycles. The number of hydrogen-bond acceptors (Lipinski definition) is 5. The smallest absolute Gasteiger partial charge is 0.305 e. The van der Waals surface area contributed by atoms with Gasteiger partial charge in [0.1, 0.15) is 0 Å². The van der Waals surface area contributed by atoms with Crippen LogP contribution in [0.1, 0.15) is 12.8 Å². The minimum absolute atomic E-state index is 0.0711. The third-order valence-corrected chi connectivity index (χ3v) is 3.60. The van der Waals surface area contributed by atoms with Crippen molar-refractivity contribution >= 4 is 27.4 Å². The Hall–Kier alpha value is -1.76. The minimum atomic E-state index is -3.50. The predicted molar refractivity (Wildman–Crippen MR) is 69.5 cm³/mol. The average molecular weight is 272 g/mol. The molecule has 0 aromatic heterocycles. The molecular weight excluding hydrogens is 256 g/mol. The summed E-state index contributed by atoms with van der Waals surface area (Å²) in [6.07, 6.45) is 0.274. The number of anilines is 2. The highest BCUT2D eigenvalue weighted by Gasteiger charge is 2.12. The van der Waals surface area contributed by atoms with Crippen LogP contribution < -0.4 is 10.5 Å². The van der Waals surface area contributed by atoms with E-state index in [0.717, 1.165) is 0 Å². The highest BCUT2D eigenvalue weighted by Crippen LogP contribution is 2.18. The van der Waals surface area contributed by atoms with E-state index < -0.39 is 16.0 Å². The quantitative estimate of drug-likeness (QED) is 0.593. The van der Waals surface area contributed by atoms with Crippen LogP contribution in [0.25, 0.3) is 0 Å². The summed E-state index contributed by atoms with van der Waals surface area (Å²) in [6, 6.07) is 6.58. The number of hydrogen-bond donors (Lipinski definition) is 2. The van der Waals surface area contributed by atoms with E-state index in [0.29, 0.717) is 11.4 Å². The molecule has 0 saturated heterocycles. The zero-order chi connectivity index (χ0) is 13.6. The molecule has 1 aromatic rings. The van der Waals surface area contributed by atoms with Gasteiger partial charge < -0.3 is 10.5 Å². The fourth-order valence-corrected chi connectivity index (χ4v) is 2.46. The van der Waals surface area contributed by atoms with Crippen LogP contribution in [0.2, 0.25) is 0 Å². The first kappa shape index (κ1) is 14.3. The molecule has 6 nitrogen and oxygen atoms in total. The Labute approximate surface area is 106 Å². The standard InChI is InChI=1S/C11H16N2O4S/c1-17-11(14)7-4-8-18(15,16)13-10-6-3-2-5-9(10)12/h2-3,5-6,13H,4,7-8,12H2,1H3. The van der Waals surface area contributed by atoms with E-state index in [1.165, 1.54) is 7.11 Å². The number of esters is 1. The number of carbonyl (C=O) groups is 1. The third-order valence-electron chi connectivity index (χ3n) is 2.25. The van der Waals surface area contributed by atoms with Gasteiger partial charge in [-0.25, -0.2) is 8.42 Å². The second kappa shape index (κ2) is 6.25. The third kappa shape index (κ3) is 4.62. The number of nitrogens with one attached hydrogen (secondary N) is 1. The van der Waals surface area contributed by atoms with Crippen molar-refractivity contribution in [2.75, 3.05) is 23.3 Å². The molecule has 0 atom stereocenters. The van der Waals surface area contributed by atoms with Gasteiger partial charge in [-0.15, -0.1) is 0 Å². The van der Waals surface area contributed by atoms with Crippen LogP contribution in [0.5, 0.6) is 0 Å². The molecule has 1 rings (SSSR count). The average Bonchev–Trinajstić information content (AvgIpc) is 2.31. The van der Waals surface area contributed by atoms with E-state index in [9.17, 15) is 13.2 Å². The van der Waals surface area contributed by atoms with Crippen LogP contribution >= 0.6 is 0 Å². The second-order valence-electron chi connectivity index (χ2n) is 3.69. The van der Waals surface area contributed by atoms with Crippen LogP contribution in [0, 0.1) is 0 Å². The molecule has 1 aromatic carbocycles. The molecule has 7 heteroatoms. The van der Waals surface area contributed by atoms with Gasteiger partial charge in [-0.1, -0.05) is 12.1 Å². The minimum Gasteiger partial charge on any atom is -0.469 e. The van der Waals surface area contributed by atoms with Crippen LogP contribution in [-0.4, -0.2) is 27.2 Å². The molecule has 0 fully saturated rings. The zero-order valence-corrected chi connectivity index (χ0v) is 10.9. The van der Waals surface area contributed by atoms with Crippen molar-refractivity contribution in [1.82, 2.24) is 0 Å². The van der Waals surface area contributed by atoms with Gasteiger partial charge in [-0.3, -0.25) is 9.52 Å². The summed E-state index contributed by atoms with van der Waals surface area (Å²) >= 11 is 0. The van der Waals surface area contributed by atoms with Gasteiger partial charge in [-0.05, 0) is 18.6 Å². The van der Waals surface area contributed by atoms with Crippen molar-refractivity contribution in [3.8, 4) is 0 Å². The maximum atomic E-state index is 11.7. The Morgan fingerprint density at radius 3 is 2.67 bits per heavy atom. The van der Waals surface area contributed by atoms with Gasteiger partial charge in [0.15, 0.2) is 0 Å². The molecule has 0 unspecified atom stereocenters. The lowest BCUT2D eigenvalue weighted by Crippen LogP contribution is -2.18. The van der Waals surface area contributed by atoms with Crippen LogP contribution in [0.15, 0.2) is 24.3 Å². The van der Waals surface area contributed by atoms with E-state index in [-0.39, 0.29) is 18.6 Å². The predicted octanol–water partition coefficient (Wildman–Crippen LogP) is 0.964. The maximum absolute atomic E-state index is 11.7. The van der Waals surface area contributed by atoms with Gasteiger partial charge >= 0.3 is 5.97 Å². The molecule has 0 aliphatic carbocycles. The Morgan fingerprint density at radius 1 is 1.39 bits per heavy atom. The number of rotatable bonds is 6. The zero-order valence-electron chi connectivity index (χ0n) is 10.0. The highest BCUT2D eigenvalue weighted by molar-refractivity contribution is 7.92. The topological polar surface area (TPSA) is 98.5 Å². The largest absolute Gasteiger partial charge is 0.469 e. The lowest BCUT2D eigenvalue weighted by atomic mass is 10.3. The monoisotopic (exact) mass is 272 g/mol. The molecule has 0 aliphatic heterocycles. The summed E-state index contributed by atoms with van der Waals surface area (Å²) in [7, 11) is -2.24. The molecule has 0 aliphatic rings. The number of benzene rings is 1. The van der Waals surface area contributed by atoms with E-state index >= 15 is 0 Å². The lowest BCUT2D eigenvalue weighted by molar-refractivity contribution is -0.140. The molecule has 0 amide bonds. The van der Waals surface area contributed by atoms with Gasteiger partial charge in [0.2, 0.25) is 10.0 Å². The summed E-state index contributed by atoms with van der Waals surface area (Å²) in [5.74, 6) is -0.583. The first-order chi connectivity index (χ1) is 8.44. The fourth-order valence-electron chi connectivity index (χ4n) is 1.32. The number of nitrogen functional groups attached to an aromatic ring is 1. The van der Waals surface area contributed by atoms with Crippen molar-refractivity contribution in [2.24, 2.45) is 0 Å². The van der Waals surface area contributed by atoms with Crippen LogP contribution in [0.4, 0.5) is 11.4 Å². The molecule has 100 valence electrons. The van der Waals surface area contributed by atoms with E-state index in [1.807, 2.05) is 0 Å². The molecule has 0 bridgehead atoms. The van der Waals surface area contributed by atoms with Crippen molar-refractivity contribution in [3.05, 3.63) is 24.3 Å². The summed E-state index contributed by atoms with van der Waals surface area (Å²) in [4.78, 5) is 10.9. The highest BCUT2D eigenvalue weighted by atomic mass is 32.2. The molecule has 0 saturated carbocycles. The summed E-state index contributed by atoms with van der Waals surface area (Å²) in [6.45, 7) is 0. The molecular formula is C11H16N2O4S. The number of ether oxygens (including phenoxy) is 1. The first-order valence-electron chi connectivity index (χ1n) is 5.36. The lowest BCUT2D eigenvalue weighted by Gasteiger charge is -2.09. The number of para-hydroxylation sites is 2. The van der Waals surface area contributed by atoms with Crippen molar-refractivity contribution < 1.29 is 17.9 Å². The molecule has 18 heavy (non-hydrogen) atoms. The van der Waals surface area contributed by atoms with Crippen LogP contribution in [-0.2, 0) is 19.6 Å². The number of sulfonamides is 1. The van der Waals surface area contributed by atoms with Crippen molar-refractivity contribution in [1.29, 1.82) is 0 Å².